The monoisotopic (exact) mass is 341 g/mol. The molecule has 0 radical (unpaired) electrons. The van der Waals surface area contributed by atoms with Crippen LogP contribution < -0.4 is 11.1 Å². The first kappa shape index (κ1) is 16.0. The molecule has 0 spiro atoms. The highest BCUT2D eigenvalue weighted by Crippen LogP contribution is 2.19. The SMILES string of the molecule is C[C@H](NC(=O)c1nnn(-c2cccc(Cl)c2)c1N)c1ccccc1. The number of nitrogens with zero attached hydrogens (tertiary/aromatic N) is 3. The molecule has 0 saturated carbocycles. The Hall–Kier alpha value is -2.86. The van der Waals surface area contributed by atoms with Gasteiger partial charge < -0.3 is 11.1 Å². The molecule has 0 fully saturated rings. The first-order chi connectivity index (χ1) is 11.6. The van der Waals surface area contributed by atoms with Crippen LogP contribution in [0.15, 0.2) is 54.6 Å². The summed E-state index contributed by atoms with van der Waals surface area (Å²) in [7, 11) is 0. The molecule has 0 aliphatic carbocycles. The van der Waals surface area contributed by atoms with Crippen LogP contribution in [0, 0.1) is 0 Å². The molecule has 0 unspecified atom stereocenters. The van der Waals surface area contributed by atoms with Gasteiger partial charge in [0.15, 0.2) is 11.5 Å². The zero-order valence-corrected chi connectivity index (χ0v) is 13.7. The molecular formula is C17H16ClN5O. The van der Waals surface area contributed by atoms with Crippen molar-refractivity contribution in [1.29, 1.82) is 0 Å². The maximum absolute atomic E-state index is 12.4. The van der Waals surface area contributed by atoms with Crippen LogP contribution in [-0.4, -0.2) is 20.9 Å². The maximum Gasteiger partial charge on any atom is 0.276 e. The summed E-state index contributed by atoms with van der Waals surface area (Å²) in [4.78, 5) is 12.4. The molecule has 1 amide bonds. The van der Waals surface area contributed by atoms with Crippen molar-refractivity contribution in [3.63, 3.8) is 0 Å². The number of amides is 1. The number of carbonyl (C=O) groups is 1. The predicted octanol–water partition coefficient (Wildman–Crippen LogP) is 2.99. The third-order valence-corrected chi connectivity index (χ3v) is 3.86. The average molecular weight is 342 g/mol. The summed E-state index contributed by atoms with van der Waals surface area (Å²) in [6.45, 7) is 1.89. The van der Waals surface area contributed by atoms with E-state index < -0.39 is 0 Å². The second-order valence-electron chi connectivity index (χ2n) is 5.32. The lowest BCUT2D eigenvalue weighted by Crippen LogP contribution is -2.27. The minimum atomic E-state index is -0.378. The Balaban J connectivity index is 1.82. The number of carbonyl (C=O) groups excluding carboxylic acids is 1. The molecule has 2 aromatic carbocycles. The van der Waals surface area contributed by atoms with E-state index in [1.807, 2.05) is 37.3 Å². The van der Waals surface area contributed by atoms with E-state index in [1.54, 1.807) is 24.3 Å². The number of nitrogens with one attached hydrogen (secondary N) is 1. The summed E-state index contributed by atoms with van der Waals surface area (Å²) in [5.41, 5.74) is 7.75. The summed E-state index contributed by atoms with van der Waals surface area (Å²) in [6.07, 6.45) is 0. The number of rotatable bonds is 4. The quantitative estimate of drug-likeness (QED) is 0.763. The Morgan fingerprint density at radius 1 is 1.21 bits per heavy atom. The van der Waals surface area contributed by atoms with Crippen LogP contribution in [-0.2, 0) is 0 Å². The zero-order valence-electron chi connectivity index (χ0n) is 13.0. The van der Waals surface area contributed by atoms with Crippen molar-refractivity contribution in [1.82, 2.24) is 20.3 Å². The lowest BCUT2D eigenvalue weighted by atomic mass is 10.1. The molecule has 6 nitrogen and oxygen atoms in total. The Labute approximate surface area is 144 Å². The molecule has 3 rings (SSSR count). The summed E-state index contributed by atoms with van der Waals surface area (Å²) in [5, 5.41) is 11.3. The Morgan fingerprint density at radius 3 is 2.67 bits per heavy atom. The van der Waals surface area contributed by atoms with Gasteiger partial charge in [0.05, 0.1) is 11.7 Å². The summed E-state index contributed by atoms with van der Waals surface area (Å²) in [6, 6.07) is 16.5. The molecule has 0 aliphatic rings. The molecule has 7 heteroatoms. The van der Waals surface area contributed by atoms with Gasteiger partial charge in [-0.2, -0.15) is 4.68 Å². The highest BCUT2D eigenvalue weighted by Gasteiger charge is 2.20. The van der Waals surface area contributed by atoms with Crippen molar-refractivity contribution in [3.05, 3.63) is 70.9 Å². The third kappa shape index (κ3) is 3.23. The second-order valence-corrected chi connectivity index (χ2v) is 5.76. The minimum absolute atomic E-state index is 0.0813. The van der Waals surface area contributed by atoms with E-state index >= 15 is 0 Å². The molecule has 1 heterocycles. The number of benzene rings is 2. The molecule has 3 N–H and O–H groups in total. The zero-order chi connectivity index (χ0) is 17.1. The van der Waals surface area contributed by atoms with Gasteiger partial charge in [0.1, 0.15) is 0 Å². The van der Waals surface area contributed by atoms with Crippen molar-refractivity contribution in [3.8, 4) is 5.69 Å². The molecule has 1 aromatic heterocycles. The van der Waals surface area contributed by atoms with Crippen LogP contribution >= 0.6 is 11.6 Å². The van der Waals surface area contributed by atoms with Crippen LogP contribution in [0.4, 0.5) is 5.82 Å². The Morgan fingerprint density at radius 2 is 1.96 bits per heavy atom. The highest BCUT2D eigenvalue weighted by atomic mass is 35.5. The number of aromatic nitrogens is 3. The molecule has 0 aliphatic heterocycles. The highest BCUT2D eigenvalue weighted by molar-refractivity contribution is 6.30. The van der Waals surface area contributed by atoms with E-state index in [0.717, 1.165) is 5.56 Å². The first-order valence-corrected chi connectivity index (χ1v) is 7.77. The average Bonchev–Trinajstić information content (AvgIpc) is 2.97. The largest absolute Gasteiger partial charge is 0.382 e. The number of hydrogen-bond acceptors (Lipinski definition) is 4. The van der Waals surface area contributed by atoms with Crippen LogP contribution in [0.2, 0.25) is 5.02 Å². The van der Waals surface area contributed by atoms with E-state index in [0.29, 0.717) is 10.7 Å². The number of hydrogen-bond donors (Lipinski definition) is 2. The van der Waals surface area contributed by atoms with Crippen molar-refractivity contribution >= 4 is 23.3 Å². The van der Waals surface area contributed by atoms with Gasteiger partial charge in [0.2, 0.25) is 0 Å². The lowest BCUT2D eigenvalue weighted by molar-refractivity contribution is 0.0935. The Bertz CT molecular complexity index is 862. The number of nitrogen functional groups attached to an aromatic ring is 1. The smallest absolute Gasteiger partial charge is 0.276 e. The summed E-state index contributed by atoms with van der Waals surface area (Å²) in [5.74, 6) is -0.216. The van der Waals surface area contributed by atoms with Crippen molar-refractivity contribution in [2.24, 2.45) is 0 Å². The summed E-state index contributed by atoms with van der Waals surface area (Å²) < 4.78 is 1.38. The Kier molecular flexibility index (Phi) is 4.48. The standard InChI is InChI=1S/C17H16ClN5O/c1-11(12-6-3-2-4-7-12)20-17(24)15-16(19)23(22-21-15)14-9-5-8-13(18)10-14/h2-11H,19H2,1H3,(H,20,24)/t11-/m0/s1. The first-order valence-electron chi connectivity index (χ1n) is 7.39. The third-order valence-electron chi connectivity index (χ3n) is 3.62. The summed E-state index contributed by atoms with van der Waals surface area (Å²) >= 11 is 5.97. The fourth-order valence-electron chi connectivity index (χ4n) is 2.34. The van der Waals surface area contributed by atoms with Crippen molar-refractivity contribution in [2.45, 2.75) is 13.0 Å². The number of halogens is 1. The van der Waals surface area contributed by atoms with Gasteiger partial charge >= 0.3 is 0 Å². The van der Waals surface area contributed by atoms with Crippen LogP contribution in [0.5, 0.6) is 0 Å². The van der Waals surface area contributed by atoms with Crippen molar-refractivity contribution < 1.29 is 4.79 Å². The van der Waals surface area contributed by atoms with E-state index in [1.165, 1.54) is 4.68 Å². The molecular weight excluding hydrogens is 326 g/mol. The molecule has 3 aromatic rings. The molecule has 122 valence electrons. The maximum atomic E-state index is 12.4. The van der Waals surface area contributed by atoms with Gasteiger partial charge in [-0.05, 0) is 30.7 Å². The van der Waals surface area contributed by atoms with E-state index in [2.05, 4.69) is 15.6 Å². The number of anilines is 1. The molecule has 1 atom stereocenters. The molecule has 0 bridgehead atoms. The van der Waals surface area contributed by atoms with Crippen molar-refractivity contribution in [2.75, 3.05) is 5.73 Å². The topological polar surface area (TPSA) is 85.8 Å². The van der Waals surface area contributed by atoms with E-state index in [4.69, 9.17) is 17.3 Å². The van der Waals surface area contributed by atoms with Crippen LogP contribution in [0.1, 0.15) is 29.0 Å². The van der Waals surface area contributed by atoms with Crippen LogP contribution in [0.25, 0.3) is 5.69 Å². The van der Waals surface area contributed by atoms with Gasteiger partial charge in [-0.3, -0.25) is 4.79 Å². The molecule has 24 heavy (non-hydrogen) atoms. The van der Waals surface area contributed by atoms with Crippen LogP contribution in [0.3, 0.4) is 0 Å². The van der Waals surface area contributed by atoms with Gasteiger partial charge in [-0.15, -0.1) is 5.10 Å². The van der Waals surface area contributed by atoms with Gasteiger partial charge in [-0.25, -0.2) is 0 Å². The van der Waals surface area contributed by atoms with Gasteiger partial charge in [0.25, 0.3) is 5.91 Å². The predicted molar refractivity (Wildman–Crippen MR) is 93.1 cm³/mol. The van der Waals surface area contributed by atoms with E-state index in [-0.39, 0.29) is 23.5 Å². The minimum Gasteiger partial charge on any atom is -0.382 e. The fourth-order valence-corrected chi connectivity index (χ4v) is 2.52. The fraction of sp³-hybridized carbons (Fsp3) is 0.118. The second kappa shape index (κ2) is 6.72. The molecule has 0 saturated heterocycles. The normalized spacial score (nSPS) is 11.9. The van der Waals surface area contributed by atoms with Gasteiger partial charge in [-0.1, -0.05) is 53.2 Å². The van der Waals surface area contributed by atoms with Gasteiger partial charge in [0, 0.05) is 5.02 Å². The van der Waals surface area contributed by atoms with E-state index in [9.17, 15) is 4.79 Å². The number of nitrogens with two attached hydrogens (primary N) is 1. The lowest BCUT2D eigenvalue weighted by Gasteiger charge is -2.13.